The van der Waals surface area contributed by atoms with Crippen LogP contribution in [0.15, 0.2) is 0 Å². The van der Waals surface area contributed by atoms with Crippen LogP contribution in [0.3, 0.4) is 0 Å². The third kappa shape index (κ3) is 2.50. The molecule has 3 nitrogen and oxygen atoms in total. The lowest BCUT2D eigenvalue weighted by molar-refractivity contribution is -0.163. The first-order chi connectivity index (χ1) is 5.10. The minimum atomic E-state index is -1.26. The summed E-state index contributed by atoms with van der Waals surface area (Å²) in [5, 5.41) is 9.61. The van der Waals surface area contributed by atoms with E-state index < -0.39 is 11.6 Å². The first-order valence-corrected chi connectivity index (χ1v) is 3.91. The number of aliphatic hydroxyl groups is 1. The van der Waals surface area contributed by atoms with Gasteiger partial charge in [-0.05, 0) is 12.8 Å². The van der Waals surface area contributed by atoms with Crippen LogP contribution in [-0.2, 0) is 9.53 Å². The highest BCUT2D eigenvalue weighted by atomic mass is 16.5. The Hall–Kier alpha value is -0.570. The van der Waals surface area contributed by atoms with Gasteiger partial charge in [-0.2, -0.15) is 0 Å². The quantitative estimate of drug-likeness (QED) is 0.626. The first-order valence-electron chi connectivity index (χ1n) is 3.91. The van der Waals surface area contributed by atoms with Crippen molar-refractivity contribution < 1.29 is 14.6 Å². The number of hydrogen-bond donors (Lipinski definition) is 1. The Balaban J connectivity index is 4.19. The summed E-state index contributed by atoms with van der Waals surface area (Å²) in [4.78, 5) is 11.0. The Kier molecular flexibility index (Phi) is 4.11. The predicted molar refractivity (Wildman–Crippen MR) is 42.2 cm³/mol. The maximum Gasteiger partial charge on any atom is 0.337 e. The number of ether oxygens (including phenoxy) is 1. The van der Waals surface area contributed by atoms with Crippen LogP contribution in [0.25, 0.3) is 0 Å². The van der Waals surface area contributed by atoms with E-state index in [9.17, 15) is 9.90 Å². The van der Waals surface area contributed by atoms with Crippen LogP contribution in [0.4, 0.5) is 0 Å². The lowest BCUT2D eigenvalue weighted by Gasteiger charge is -2.22. The fourth-order valence-corrected chi connectivity index (χ4v) is 1.03. The lowest BCUT2D eigenvalue weighted by Crippen LogP contribution is -2.38. The van der Waals surface area contributed by atoms with Crippen molar-refractivity contribution in [3.05, 3.63) is 0 Å². The SMILES string of the molecule is CCCC(O)(CC)C(=O)OC. The number of hydrogen-bond acceptors (Lipinski definition) is 3. The number of carbonyl (C=O) groups excluding carboxylic acids is 1. The van der Waals surface area contributed by atoms with Crippen molar-refractivity contribution in [2.75, 3.05) is 7.11 Å². The molecule has 66 valence electrons. The van der Waals surface area contributed by atoms with Crippen LogP contribution >= 0.6 is 0 Å². The maximum absolute atomic E-state index is 11.0. The van der Waals surface area contributed by atoms with Gasteiger partial charge < -0.3 is 9.84 Å². The topological polar surface area (TPSA) is 46.5 Å². The summed E-state index contributed by atoms with van der Waals surface area (Å²) in [5.41, 5.74) is -1.26. The number of rotatable bonds is 4. The smallest absolute Gasteiger partial charge is 0.337 e. The highest BCUT2D eigenvalue weighted by molar-refractivity contribution is 5.78. The molecule has 0 aromatic carbocycles. The zero-order valence-corrected chi connectivity index (χ0v) is 7.39. The molecule has 0 aromatic heterocycles. The van der Waals surface area contributed by atoms with Gasteiger partial charge in [-0.3, -0.25) is 0 Å². The van der Waals surface area contributed by atoms with Gasteiger partial charge in [0.1, 0.15) is 0 Å². The molecule has 0 amide bonds. The van der Waals surface area contributed by atoms with E-state index in [1.54, 1.807) is 6.92 Å². The van der Waals surface area contributed by atoms with E-state index in [1.165, 1.54) is 7.11 Å². The molecule has 0 spiro atoms. The van der Waals surface area contributed by atoms with Gasteiger partial charge in [0, 0.05) is 0 Å². The second-order valence-electron chi connectivity index (χ2n) is 2.63. The van der Waals surface area contributed by atoms with E-state index in [-0.39, 0.29) is 0 Å². The summed E-state index contributed by atoms with van der Waals surface area (Å²) in [6.07, 6.45) is 1.66. The largest absolute Gasteiger partial charge is 0.467 e. The fourth-order valence-electron chi connectivity index (χ4n) is 1.03. The molecule has 1 atom stereocenters. The van der Waals surface area contributed by atoms with E-state index in [4.69, 9.17) is 0 Å². The van der Waals surface area contributed by atoms with Gasteiger partial charge in [0.2, 0.25) is 0 Å². The van der Waals surface area contributed by atoms with Crippen molar-refractivity contribution in [3.63, 3.8) is 0 Å². The molecule has 0 fully saturated rings. The minimum Gasteiger partial charge on any atom is -0.467 e. The van der Waals surface area contributed by atoms with Crippen LogP contribution in [0, 0.1) is 0 Å². The van der Waals surface area contributed by atoms with Crippen molar-refractivity contribution in [3.8, 4) is 0 Å². The van der Waals surface area contributed by atoms with Crippen LogP contribution in [0.1, 0.15) is 33.1 Å². The summed E-state index contributed by atoms with van der Waals surface area (Å²) in [6.45, 7) is 3.69. The van der Waals surface area contributed by atoms with Crippen molar-refractivity contribution in [1.29, 1.82) is 0 Å². The maximum atomic E-state index is 11.0. The molecule has 0 saturated carbocycles. The van der Waals surface area contributed by atoms with Gasteiger partial charge in [-0.25, -0.2) is 4.79 Å². The molecule has 0 radical (unpaired) electrons. The van der Waals surface area contributed by atoms with Crippen LogP contribution in [0.5, 0.6) is 0 Å². The third-order valence-electron chi connectivity index (χ3n) is 1.81. The molecule has 11 heavy (non-hydrogen) atoms. The third-order valence-corrected chi connectivity index (χ3v) is 1.81. The van der Waals surface area contributed by atoms with E-state index >= 15 is 0 Å². The summed E-state index contributed by atoms with van der Waals surface area (Å²) in [5.74, 6) is -0.526. The minimum absolute atomic E-state index is 0.410. The molecule has 0 aliphatic rings. The summed E-state index contributed by atoms with van der Waals surface area (Å²) in [7, 11) is 1.29. The van der Waals surface area contributed by atoms with Crippen molar-refractivity contribution in [2.45, 2.75) is 38.7 Å². The monoisotopic (exact) mass is 160 g/mol. The molecular formula is C8H16O3. The molecule has 0 bridgehead atoms. The summed E-state index contributed by atoms with van der Waals surface area (Å²) < 4.78 is 4.47. The normalized spacial score (nSPS) is 15.6. The predicted octanol–water partition coefficient (Wildman–Crippen LogP) is 1.10. The molecule has 0 aliphatic heterocycles. The second kappa shape index (κ2) is 4.34. The van der Waals surface area contributed by atoms with Crippen LogP contribution in [-0.4, -0.2) is 23.8 Å². The standard InChI is InChI=1S/C8H16O3/c1-4-6-8(10,5-2)7(9)11-3/h10H,4-6H2,1-3H3. The Labute approximate surface area is 67.4 Å². The average molecular weight is 160 g/mol. The van der Waals surface area contributed by atoms with E-state index in [2.05, 4.69) is 4.74 Å². The molecule has 0 aliphatic carbocycles. The summed E-state index contributed by atoms with van der Waals surface area (Å²) >= 11 is 0. The van der Waals surface area contributed by atoms with Gasteiger partial charge >= 0.3 is 5.97 Å². The first kappa shape index (κ1) is 10.4. The Morgan fingerprint density at radius 2 is 2.09 bits per heavy atom. The lowest BCUT2D eigenvalue weighted by atomic mass is 9.95. The van der Waals surface area contributed by atoms with Crippen molar-refractivity contribution >= 4 is 5.97 Å². The molecule has 0 saturated heterocycles. The number of esters is 1. The zero-order valence-electron chi connectivity index (χ0n) is 7.39. The van der Waals surface area contributed by atoms with Crippen molar-refractivity contribution in [1.82, 2.24) is 0 Å². The molecule has 0 aromatic rings. The van der Waals surface area contributed by atoms with Gasteiger partial charge in [-0.15, -0.1) is 0 Å². The highest BCUT2D eigenvalue weighted by Crippen LogP contribution is 2.18. The number of methoxy groups -OCH3 is 1. The summed E-state index contributed by atoms with van der Waals surface area (Å²) in [6, 6.07) is 0. The molecule has 0 heterocycles. The highest BCUT2D eigenvalue weighted by Gasteiger charge is 2.33. The molecule has 1 N–H and O–H groups in total. The Bertz CT molecular complexity index is 133. The second-order valence-corrected chi connectivity index (χ2v) is 2.63. The number of carbonyl (C=O) groups is 1. The van der Waals surface area contributed by atoms with E-state index in [0.29, 0.717) is 12.8 Å². The van der Waals surface area contributed by atoms with Gasteiger partial charge in [0.15, 0.2) is 5.60 Å². The average Bonchev–Trinajstić information content (AvgIpc) is 2.03. The fraction of sp³-hybridized carbons (Fsp3) is 0.875. The molecule has 3 heteroatoms. The van der Waals surface area contributed by atoms with E-state index in [1.807, 2.05) is 6.92 Å². The van der Waals surface area contributed by atoms with Gasteiger partial charge in [0.05, 0.1) is 7.11 Å². The molecule has 1 unspecified atom stereocenters. The van der Waals surface area contributed by atoms with Crippen molar-refractivity contribution in [2.24, 2.45) is 0 Å². The molecular weight excluding hydrogens is 144 g/mol. The van der Waals surface area contributed by atoms with Gasteiger partial charge in [0.25, 0.3) is 0 Å². The molecule has 0 rings (SSSR count). The van der Waals surface area contributed by atoms with E-state index in [0.717, 1.165) is 6.42 Å². The van der Waals surface area contributed by atoms with Gasteiger partial charge in [-0.1, -0.05) is 20.3 Å². The Morgan fingerprint density at radius 3 is 2.36 bits per heavy atom. The van der Waals surface area contributed by atoms with Crippen LogP contribution < -0.4 is 0 Å². The zero-order chi connectivity index (χ0) is 8.91. The van der Waals surface area contributed by atoms with Crippen LogP contribution in [0.2, 0.25) is 0 Å². The Morgan fingerprint density at radius 1 is 1.55 bits per heavy atom.